The highest BCUT2D eigenvalue weighted by molar-refractivity contribution is 4.91. The number of hydrogen-bond donors (Lipinski definition) is 1. The maximum absolute atomic E-state index is 3.91. The monoisotopic (exact) mass is 170 g/mol. The summed E-state index contributed by atoms with van der Waals surface area (Å²) < 4.78 is 0. The van der Waals surface area contributed by atoms with Crippen LogP contribution in [0.15, 0.2) is 12.2 Å². The molecule has 0 amide bonds. The Morgan fingerprint density at radius 2 is 2.17 bits per heavy atom. The van der Waals surface area contributed by atoms with Crippen molar-refractivity contribution >= 4 is 0 Å². The lowest BCUT2D eigenvalue weighted by Crippen LogP contribution is -2.28. The summed E-state index contributed by atoms with van der Waals surface area (Å²) in [5.41, 5.74) is 1.25. The molecule has 0 saturated carbocycles. The van der Waals surface area contributed by atoms with Crippen LogP contribution in [0.3, 0.4) is 0 Å². The summed E-state index contributed by atoms with van der Waals surface area (Å²) in [6, 6.07) is 0. The van der Waals surface area contributed by atoms with Crippen LogP contribution in [0.25, 0.3) is 0 Å². The smallest absolute Gasteiger partial charge is 0.0187 e. The molecule has 0 spiro atoms. The van der Waals surface area contributed by atoms with Crippen molar-refractivity contribution in [3.63, 3.8) is 0 Å². The Bertz CT molecular complexity index is 121. The zero-order chi connectivity index (χ0) is 9.40. The molecule has 0 bridgehead atoms. The Balaban J connectivity index is 3.46. The highest BCUT2D eigenvalue weighted by Crippen LogP contribution is 1.96. The van der Waals surface area contributed by atoms with Crippen LogP contribution in [0.4, 0.5) is 0 Å². The fourth-order valence-corrected chi connectivity index (χ4v) is 1.21. The van der Waals surface area contributed by atoms with Gasteiger partial charge in [0.05, 0.1) is 0 Å². The van der Waals surface area contributed by atoms with Crippen LogP contribution < -0.4 is 5.32 Å². The van der Waals surface area contributed by atoms with Gasteiger partial charge in [0.15, 0.2) is 0 Å². The lowest BCUT2D eigenvalue weighted by Gasteiger charge is -2.19. The van der Waals surface area contributed by atoms with E-state index in [2.05, 4.69) is 30.6 Å². The molecule has 72 valence electrons. The predicted molar refractivity (Wildman–Crippen MR) is 55.5 cm³/mol. The number of likely N-dealkylation sites (N-methyl/N-ethyl adjacent to an activating group) is 1. The van der Waals surface area contributed by atoms with Gasteiger partial charge in [-0.15, -0.1) is 0 Å². The van der Waals surface area contributed by atoms with Crippen molar-refractivity contribution in [3.8, 4) is 0 Å². The van der Waals surface area contributed by atoms with E-state index in [0.717, 1.165) is 19.6 Å². The van der Waals surface area contributed by atoms with Gasteiger partial charge in [-0.1, -0.05) is 19.1 Å². The third kappa shape index (κ3) is 6.38. The van der Waals surface area contributed by atoms with Crippen molar-refractivity contribution in [2.75, 3.05) is 33.2 Å². The second-order valence-electron chi connectivity index (χ2n) is 3.28. The molecule has 0 heterocycles. The van der Waals surface area contributed by atoms with Crippen LogP contribution in [0.2, 0.25) is 0 Å². The molecule has 0 aliphatic carbocycles. The van der Waals surface area contributed by atoms with E-state index in [0.29, 0.717) is 0 Å². The minimum absolute atomic E-state index is 1.04. The first kappa shape index (κ1) is 11.7. The van der Waals surface area contributed by atoms with Gasteiger partial charge in [0.1, 0.15) is 0 Å². The number of nitrogens with zero attached hydrogens (tertiary/aromatic N) is 1. The molecule has 0 atom stereocenters. The van der Waals surface area contributed by atoms with Gasteiger partial charge in [-0.3, -0.25) is 4.90 Å². The Hall–Kier alpha value is -0.340. The van der Waals surface area contributed by atoms with Gasteiger partial charge in [-0.2, -0.15) is 0 Å². The van der Waals surface area contributed by atoms with E-state index in [1.54, 1.807) is 0 Å². The first-order valence-corrected chi connectivity index (χ1v) is 4.72. The summed E-state index contributed by atoms with van der Waals surface area (Å²) in [4.78, 5) is 2.42. The average Bonchev–Trinajstić information content (AvgIpc) is 2.02. The van der Waals surface area contributed by atoms with Gasteiger partial charge in [0.25, 0.3) is 0 Å². The van der Waals surface area contributed by atoms with E-state index in [4.69, 9.17) is 0 Å². The molecule has 2 nitrogen and oxygen atoms in total. The second-order valence-corrected chi connectivity index (χ2v) is 3.28. The molecule has 0 aromatic carbocycles. The zero-order valence-electron chi connectivity index (χ0n) is 8.69. The predicted octanol–water partition coefficient (Wildman–Crippen LogP) is 1.49. The quantitative estimate of drug-likeness (QED) is 0.460. The Morgan fingerprint density at radius 1 is 1.50 bits per heavy atom. The molecule has 0 unspecified atom stereocenters. The minimum Gasteiger partial charge on any atom is -0.320 e. The molecule has 0 rings (SSSR count). The summed E-state index contributed by atoms with van der Waals surface area (Å²) in [5.74, 6) is 0. The number of hydrogen-bond acceptors (Lipinski definition) is 2. The van der Waals surface area contributed by atoms with Gasteiger partial charge < -0.3 is 5.32 Å². The Kier molecular flexibility index (Phi) is 7.11. The summed E-state index contributed by atoms with van der Waals surface area (Å²) in [6.45, 7) is 12.6. The SMILES string of the molecule is C=C(C)CN(CC)CCCNC. The summed E-state index contributed by atoms with van der Waals surface area (Å²) >= 11 is 0. The maximum atomic E-state index is 3.91. The fraction of sp³-hybridized carbons (Fsp3) is 0.800. The normalized spacial score (nSPS) is 10.7. The summed E-state index contributed by atoms with van der Waals surface area (Å²) in [5, 5.41) is 3.15. The first-order valence-electron chi connectivity index (χ1n) is 4.72. The molecule has 0 fully saturated rings. The molecule has 0 aliphatic heterocycles. The lowest BCUT2D eigenvalue weighted by atomic mass is 10.3. The van der Waals surface area contributed by atoms with Crippen molar-refractivity contribution < 1.29 is 0 Å². The van der Waals surface area contributed by atoms with Gasteiger partial charge in [0.2, 0.25) is 0 Å². The van der Waals surface area contributed by atoms with Crippen LogP contribution in [0.1, 0.15) is 20.3 Å². The van der Waals surface area contributed by atoms with Crippen molar-refractivity contribution in [2.24, 2.45) is 0 Å². The maximum Gasteiger partial charge on any atom is 0.0187 e. The van der Waals surface area contributed by atoms with Crippen LogP contribution in [-0.4, -0.2) is 38.1 Å². The Labute approximate surface area is 76.6 Å². The van der Waals surface area contributed by atoms with E-state index in [1.165, 1.54) is 18.5 Å². The third-order valence-electron chi connectivity index (χ3n) is 1.84. The van der Waals surface area contributed by atoms with Gasteiger partial charge in [0, 0.05) is 6.54 Å². The fourth-order valence-electron chi connectivity index (χ4n) is 1.21. The minimum atomic E-state index is 1.04. The molecule has 0 radical (unpaired) electrons. The highest BCUT2D eigenvalue weighted by Gasteiger charge is 2.00. The van der Waals surface area contributed by atoms with E-state index < -0.39 is 0 Å². The molecule has 1 N–H and O–H groups in total. The number of nitrogens with one attached hydrogen (secondary N) is 1. The molecule has 12 heavy (non-hydrogen) atoms. The van der Waals surface area contributed by atoms with Crippen molar-refractivity contribution in [2.45, 2.75) is 20.3 Å². The standard InChI is InChI=1S/C10H22N2/c1-5-12(9-10(2)3)8-6-7-11-4/h11H,2,5-9H2,1,3-4H3. The van der Waals surface area contributed by atoms with Crippen LogP contribution in [0, 0.1) is 0 Å². The topological polar surface area (TPSA) is 15.3 Å². The van der Waals surface area contributed by atoms with Gasteiger partial charge in [-0.25, -0.2) is 0 Å². The van der Waals surface area contributed by atoms with Crippen LogP contribution in [0.5, 0.6) is 0 Å². The van der Waals surface area contributed by atoms with E-state index in [1.807, 2.05) is 7.05 Å². The molecule has 0 aromatic heterocycles. The van der Waals surface area contributed by atoms with Gasteiger partial charge >= 0.3 is 0 Å². The molecule has 0 aromatic rings. The molecule has 0 saturated heterocycles. The molecule has 2 heteroatoms. The average molecular weight is 170 g/mol. The van der Waals surface area contributed by atoms with Gasteiger partial charge in [-0.05, 0) is 40.0 Å². The second kappa shape index (κ2) is 7.32. The zero-order valence-corrected chi connectivity index (χ0v) is 8.69. The van der Waals surface area contributed by atoms with Crippen molar-refractivity contribution in [1.82, 2.24) is 10.2 Å². The summed E-state index contributed by atoms with van der Waals surface area (Å²) in [7, 11) is 2.00. The number of rotatable bonds is 7. The molecule has 0 aliphatic rings. The molecular formula is C10H22N2. The first-order chi connectivity index (χ1) is 5.70. The lowest BCUT2D eigenvalue weighted by molar-refractivity contribution is 0.307. The van der Waals surface area contributed by atoms with Crippen molar-refractivity contribution in [1.29, 1.82) is 0 Å². The van der Waals surface area contributed by atoms with Crippen molar-refractivity contribution in [3.05, 3.63) is 12.2 Å². The van der Waals surface area contributed by atoms with Crippen LogP contribution in [-0.2, 0) is 0 Å². The largest absolute Gasteiger partial charge is 0.320 e. The summed E-state index contributed by atoms with van der Waals surface area (Å²) in [6.07, 6.45) is 1.22. The van der Waals surface area contributed by atoms with E-state index >= 15 is 0 Å². The Morgan fingerprint density at radius 3 is 2.58 bits per heavy atom. The third-order valence-corrected chi connectivity index (χ3v) is 1.84. The van der Waals surface area contributed by atoms with E-state index in [9.17, 15) is 0 Å². The van der Waals surface area contributed by atoms with Crippen LogP contribution >= 0.6 is 0 Å². The highest BCUT2D eigenvalue weighted by atomic mass is 15.1. The van der Waals surface area contributed by atoms with E-state index in [-0.39, 0.29) is 0 Å². The molecular weight excluding hydrogens is 148 g/mol.